The van der Waals surface area contributed by atoms with Gasteiger partial charge in [0.05, 0.1) is 42.8 Å². The summed E-state index contributed by atoms with van der Waals surface area (Å²) in [6.07, 6.45) is 0. The van der Waals surface area contributed by atoms with E-state index < -0.39 is 24.2 Å². The van der Waals surface area contributed by atoms with Crippen LogP contribution in [0, 0.1) is 0 Å². The predicted molar refractivity (Wildman–Crippen MR) is 448 cm³/mol. The Bertz CT molecular complexity index is 7490. The number of hydrogen-bond acceptors (Lipinski definition) is 5. The summed E-state index contributed by atoms with van der Waals surface area (Å²) in [6.45, 7) is 6.25. The van der Waals surface area contributed by atoms with E-state index in [9.17, 15) is 9.60 Å². The van der Waals surface area contributed by atoms with Crippen LogP contribution in [0.15, 0.2) is 359 Å². The Morgan fingerprint density at radius 3 is 1.35 bits per heavy atom. The first kappa shape index (κ1) is 54.1. The van der Waals surface area contributed by atoms with Crippen molar-refractivity contribution in [3.63, 3.8) is 0 Å². The topological polar surface area (TPSA) is 50.8 Å². The van der Waals surface area contributed by atoms with E-state index >= 15 is 0 Å². The largest absolute Gasteiger partial charge is 0.456 e. The van der Waals surface area contributed by atoms with Crippen molar-refractivity contribution < 1.29 is 22.8 Å². The Labute approximate surface area is 628 Å². The molecule has 0 atom stereocenters. The molecule has 2 aliphatic heterocycles. The number of hydrogen-bond donors (Lipinski definition) is 0. The lowest BCUT2D eigenvalue weighted by Crippen LogP contribution is -2.61. The Hall–Kier alpha value is -13.6. The average Bonchev–Trinajstić information content (AvgIpc) is 0.704. The third-order valence-electron chi connectivity index (χ3n) is 22.2. The van der Waals surface area contributed by atoms with Crippen LogP contribution in [0.25, 0.3) is 160 Å². The maximum atomic E-state index is 10.3. The third-order valence-corrected chi connectivity index (χ3v) is 22.2. The monoisotopic (exact) mass is 1370 g/mol. The average molecular weight is 1380 g/mol. The number of benzene rings is 16. The van der Waals surface area contributed by atoms with Gasteiger partial charge in [-0.05, 0) is 180 Å². The molecular formula is C100H66BN3O3. The zero-order valence-corrected chi connectivity index (χ0v) is 58.5. The second-order valence-electron chi connectivity index (χ2n) is 29.2. The van der Waals surface area contributed by atoms with Gasteiger partial charge in [-0.1, -0.05) is 269 Å². The van der Waals surface area contributed by atoms with E-state index in [2.05, 4.69) is 249 Å². The fraction of sp³-hybridized carbons (Fsp3) is 0.0400. The van der Waals surface area contributed by atoms with E-state index in [0.29, 0.717) is 22.4 Å². The van der Waals surface area contributed by atoms with Crippen LogP contribution in [0.3, 0.4) is 0 Å². The van der Waals surface area contributed by atoms with E-state index in [1.807, 2.05) is 84.9 Å². The summed E-state index contributed by atoms with van der Waals surface area (Å²) in [4.78, 5) is 4.96. The molecular weight excluding hydrogens is 1300 g/mol. The van der Waals surface area contributed by atoms with Crippen molar-refractivity contribution in [1.29, 1.82) is 0 Å². The van der Waals surface area contributed by atoms with E-state index in [4.69, 9.17) is 13.3 Å². The summed E-state index contributed by atoms with van der Waals surface area (Å²) in [5, 5.41) is 5.89. The molecule has 0 saturated carbocycles. The molecule has 0 aliphatic carbocycles. The maximum absolute atomic E-state index is 10.3. The zero-order chi connectivity index (χ0) is 76.8. The molecule has 0 N–H and O–H groups in total. The number of furan rings is 3. The molecule has 16 aromatic carbocycles. The highest BCUT2D eigenvalue weighted by atomic mass is 16.3. The maximum Gasteiger partial charge on any atom is 0.252 e. The summed E-state index contributed by atoms with van der Waals surface area (Å²) in [6, 6.07) is 103. The molecule has 0 unspecified atom stereocenters. The molecule has 6 heterocycles. The second kappa shape index (κ2) is 23.5. The first-order chi connectivity index (χ1) is 55.6. The minimum absolute atomic E-state index is 0.0837. The summed E-state index contributed by atoms with van der Waals surface area (Å²) < 4.78 is 91.8. The van der Waals surface area contributed by atoms with E-state index in [0.717, 1.165) is 166 Å². The van der Waals surface area contributed by atoms with Gasteiger partial charge in [-0.25, -0.2) is 0 Å². The Balaban J connectivity index is 0.912. The minimum atomic E-state index is -0.561. The van der Waals surface area contributed by atoms with Gasteiger partial charge in [0.25, 0.3) is 6.71 Å². The van der Waals surface area contributed by atoms with Gasteiger partial charge in [0.15, 0.2) is 0 Å². The number of nitrogens with zero attached hydrogens (tertiary/aromatic N) is 3. The van der Waals surface area contributed by atoms with E-state index in [1.54, 1.807) is 4.57 Å². The second-order valence-corrected chi connectivity index (χ2v) is 29.2. The molecule has 502 valence electrons. The van der Waals surface area contributed by atoms with Crippen LogP contribution >= 0.6 is 0 Å². The molecule has 0 spiro atoms. The van der Waals surface area contributed by atoms with E-state index in [-0.39, 0.29) is 57.6 Å². The fourth-order valence-corrected chi connectivity index (χ4v) is 17.2. The standard InChI is InChI=1S/C100H66BN3O3/c1-100(2,3)70-58-86-97-87(59-70)104(99-74(50-55-93-96(99)78-31-16-20-36-90(78)107-93)67-44-40-65(41-45-67)62-24-9-5-10-25-62)85-60-71(102-82-33-17-13-28-75(82)79-56-68(46-52-83(79)102)63-26-11-6-12-27-63)48-51-80(85)101(97)81-57-69(72-32-21-37-91-94(72)76-29-14-18-34-88(76)105-91)47-53-84(81)103(86)98-73(49-54-92-95(98)77-30-15-19-35-89(77)106-92)66-42-38-64(39-43-66)61-22-7-4-8-23-61/h4-60H,1-3H3/i13D,17D,28D,33D,46D,52D,56D. The highest BCUT2D eigenvalue weighted by Gasteiger charge is 2.46. The number of rotatable bonds is 9. The lowest BCUT2D eigenvalue weighted by Gasteiger charge is -2.46. The van der Waals surface area contributed by atoms with Gasteiger partial charge in [0, 0.05) is 71.9 Å². The Morgan fingerprint density at radius 2 is 0.776 bits per heavy atom. The van der Waals surface area contributed by atoms with Crippen LogP contribution in [0.5, 0.6) is 0 Å². The van der Waals surface area contributed by atoms with E-state index in [1.165, 1.54) is 0 Å². The highest BCUT2D eigenvalue weighted by Crippen LogP contribution is 2.56. The molecule has 4 aromatic heterocycles. The SMILES string of the molecule is [2H]c1c([2H])c([2H])c2c(c1[2H])c1c([2H])c(-c3ccccc3)c([2H])c([2H])c1n2-c1ccc2c(c1)N(c1c(-c3ccc(-c4ccccc4)cc3)ccc3oc4ccccc4c13)c1cc(C(C)(C)C)cc3c1B2c1cc(-c2cccc4oc5ccccc5c24)ccc1N3c1c(-c2ccc(-c3ccccc3)cc2)ccc2oc3ccccc3c12. The van der Waals surface area contributed by atoms with Crippen molar-refractivity contribution in [2.45, 2.75) is 26.2 Å². The van der Waals surface area contributed by atoms with Crippen molar-refractivity contribution in [3.8, 4) is 72.4 Å². The smallest absolute Gasteiger partial charge is 0.252 e. The number of anilines is 6. The highest BCUT2D eigenvalue weighted by molar-refractivity contribution is 7.00. The molecule has 0 bridgehead atoms. The molecule has 6 nitrogen and oxygen atoms in total. The minimum Gasteiger partial charge on any atom is -0.456 e. The Morgan fingerprint density at radius 1 is 0.308 bits per heavy atom. The van der Waals surface area contributed by atoms with Gasteiger partial charge in [-0.15, -0.1) is 0 Å². The first-order valence-electron chi connectivity index (χ1n) is 39.9. The van der Waals surface area contributed by atoms with Gasteiger partial charge in [0.2, 0.25) is 0 Å². The molecule has 0 amide bonds. The number of para-hydroxylation sites is 4. The molecule has 20 aromatic rings. The lowest BCUT2D eigenvalue weighted by atomic mass is 9.33. The van der Waals surface area contributed by atoms with Gasteiger partial charge in [-0.2, -0.15) is 0 Å². The van der Waals surface area contributed by atoms with Crippen molar-refractivity contribution in [2.75, 3.05) is 9.80 Å². The van der Waals surface area contributed by atoms with Crippen molar-refractivity contribution in [1.82, 2.24) is 4.57 Å². The molecule has 7 heteroatoms. The van der Waals surface area contributed by atoms with Crippen LogP contribution < -0.4 is 26.2 Å². The molecule has 0 radical (unpaired) electrons. The number of fused-ring (bicyclic) bond motifs is 16. The summed E-state index contributed by atoms with van der Waals surface area (Å²) >= 11 is 0. The predicted octanol–water partition coefficient (Wildman–Crippen LogP) is 25.9. The number of aromatic nitrogens is 1. The molecule has 0 saturated heterocycles. The fourth-order valence-electron chi connectivity index (χ4n) is 17.2. The molecule has 0 fully saturated rings. The van der Waals surface area contributed by atoms with Gasteiger partial charge >= 0.3 is 0 Å². The molecule has 22 rings (SSSR count). The molecule has 107 heavy (non-hydrogen) atoms. The van der Waals surface area contributed by atoms with Crippen LogP contribution in [0.1, 0.15) is 35.9 Å². The van der Waals surface area contributed by atoms with Gasteiger partial charge < -0.3 is 27.6 Å². The van der Waals surface area contributed by atoms with Crippen molar-refractivity contribution in [3.05, 3.63) is 351 Å². The Kier molecular flexibility index (Phi) is 11.9. The third kappa shape index (κ3) is 9.40. The van der Waals surface area contributed by atoms with Gasteiger partial charge in [-0.3, -0.25) is 0 Å². The van der Waals surface area contributed by atoms with Crippen molar-refractivity contribution >= 4 is 145 Å². The summed E-state index contributed by atoms with van der Waals surface area (Å²) in [7, 11) is 0. The van der Waals surface area contributed by atoms with Crippen LogP contribution in [-0.4, -0.2) is 11.3 Å². The lowest BCUT2D eigenvalue weighted by molar-refractivity contribution is 0.590. The van der Waals surface area contributed by atoms with Crippen LogP contribution in [0.4, 0.5) is 34.1 Å². The van der Waals surface area contributed by atoms with Crippen LogP contribution in [-0.2, 0) is 5.41 Å². The summed E-state index contributed by atoms with van der Waals surface area (Å²) in [5.41, 5.74) is 24.6. The van der Waals surface area contributed by atoms with Crippen LogP contribution in [0.2, 0.25) is 0 Å². The van der Waals surface area contributed by atoms with Crippen molar-refractivity contribution in [2.24, 2.45) is 0 Å². The molecule has 2 aliphatic rings. The zero-order valence-electron chi connectivity index (χ0n) is 65.5. The summed E-state index contributed by atoms with van der Waals surface area (Å²) in [5.74, 6) is 0. The van der Waals surface area contributed by atoms with Gasteiger partial charge in [0.1, 0.15) is 33.5 Å². The normalized spacial score (nSPS) is 13.7. The quantitative estimate of drug-likeness (QED) is 0.135. The first-order valence-corrected chi connectivity index (χ1v) is 36.4.